The summed E-state index contributed by atoms with van der Waals surface area (Å²) in [5, 5.41) is 2.68. The second kappa shape index (κ2) is 3.43. The van der Waals surface area contributed by atoms with Crippen molar-refractivity contribution in [2.24, 2.45) is 11.8 Å². The van der Waals surface area contributed by atoms with Gasteiger partial charge >= 0.3 is 0 Å². The highest BCUT2D eigenvalue weighted by molar-refractivity contribution is 5.92. The van der Waals surface area contributed by atoms with Crippen LogP contribution in [0.3, 0.4) is 0 Å². The van der Waals surface area contributed by atoms with Crippen LogP contribution in [0.25, 0.3) is 0 Å². The normalized spacial score (nSPS) is 18.5. The summed E-state index contributed by atoms with van der Waals surface area (Å²) in [5.74, 6) is 3.15. The Kier molecular flexibility index (Phi) is 2.53. The van der Waals surface area contributed by atoms with Gasteiger partial charge in [-0.3, -0.25) is 4.79 Å². The van der Waals surface area contributed by atoms with E-state index in [9.17, 15) is 4.79 Å². The van der Waals surface area contributed by atoms with Crippen molar-refractivity contribution in [3.05, 3.63) is 0 Å². The molecule has 60 valence electrons. The van der Waals surface area contributed by atoms with Crippen LogP contribution in [-0.2, 0) is 4.79 Å². The molecule has 0 saturated heterocycles. The molecular formula is C9H13NO. The zero-order valence-corrected chi connectivity index (χ0v) is 6.76. The summed E-state index contributed by atoms with van der Waals surface area (Å²) >= 11 is 0. The number of terminal acetylenes is 1. The molecule has 2 nitrogen and oxygen atoms in total. The molecule has 0 bridgehead atoms. The predicted octanol–water partition coefficient (Wildman–Crippen LogP) is 0.782. The van der Waals surface area contributed by atoms with Crippen LogP contribution in [0.1, 0.15) is 19.8 Å². The van der Waals surface area contributed by atoms with Crippen molar-refractivity contribution in [3.8, 4) is 12.3 Å². The van der Waals surface area contributed by atoms with Crippen LogP contribution in [0.15, 0.2) is 0 Å². The number of carbonyl (C=O) groups excluding carboxylic acids is 1. The molecule has 0 aromatic rings. The standard InChI is InChI=1S/C9H13NO/c1-3-9(11)10-6-7(2)8-4-5-8/h1,7-8H,4-6H2,2H3,(H,10,11). The molecule has 1 rings (SSSR count). The minimum atomic E-state index is -0.294. The van der Waals surface area contributed by atoms with Gasteiger partial charge in [0.05, 0.1) is 0 Å². The van der Waals surface area contributed by atoms with Gasteiger partial charge in [-0.15, -0.1) is 6.42 Å². The predicted molar refractivity (Wildman–Crippen MR) is 43.7 cm³/mol. The minimum Gasteiger partial charge on any atom is -0.345 e. The summed E-state index contributed by atoms with van der Waals surface area (Å²) in [6.45, 7) is 2.88. The summed E-state index contributed by atoms with van der Waals surface area (Å²) in [6.07, 6.45) is 7.51. The number of hydrogen-bond acceptors (Lipinski definition) is 1. The van der Waals surface area contributed by atoms with E-state index in [0.29, 0.717) is 5.92 Å². The third kappa shape index (κ3) is 2.63. The lowest BCUT2D eigenvalue weighted by atomic mass is 10.1. The molecule has 0 aromatic heterocycles. The van der Waals surface area contributed by atoms with E-state index in [-0.39, 0.29) is 5.91 Å². The van der Waals surface area contributed by atoms with E-state index in [1.165, 1.54) is 12.8 Å². The number of carbonyl (C=O) groups is 1. The van der Waals surface area contributed by atoms with Gasteiger partial charge in [-0.25, -0.2) is 0 Å². The summed E-state index contributed by atoms with van der Waals surface area (Å²) < 4.78 is 0. The van der Waals surface area contributed by atoms with E-state index in [1.807, 2.05) is 5.92 Å². The lowest BCUT2D eigenvalue weighted by molar-refractivity contribution is -0.115. The Morgan fingerprint density at radius 2 is 2.45 bits per heavy atom. The van der Waals surface area contributed by atoms with E-state index in [4.69, 9.17) is 6.42 Å². The van der Waals surface area contributed by atoms with Crippen molar-refractivity contribution in [2.45, 2.75) is 19.8 Å². The van der Waals surface area contributed by atoms with Crippen molar-refractivity contribution in [2.75, 3.05) is 6.54 Å². The highest BCUT2D eigenvalue weighted by atomic mass is 16.1. The first-order valence-electron chi connectivity index (χ1n) is 3.98. The molecule has 11 heavy (non-hydrogen) atoms. The summed E-state index contributed by atoms with van der Waals surface area (Å²) in [4.78, 5) is 10.6. The average molecular weight is 151 g/mol. The number of nitrogens with one attached hydrogen (secondary N) is 1. The van der Waals surface area contributed by atoms with Gasteiger partial charge in [-0.2, -0.15) is 0 Å². The van der Waals surface area contributed by atoms with Gasteiger partial charge in [0.15, 0.2) is 0 Å². The molecule has 0 aliphatic heterocycles. The molecule has 1 amide bonds. The van der Waals surface area contributed by atoms with Gasteiger partial charge in [-0.1, -0.05) is 6.92 Å². The Bertz CT molecular complexity index is 188. The molecule has 1 fully saturated rings. The Morgan fingerprint density at radius 3 is 2.91 bits per heavy atom. The minimum absolute atomic E-state index is 0.294. The average Bonchev–Trinajstić information content (AvgIpc) is 2.81. The summed E-state index contributed by atoms with van der Waals surface area (Å²) in [5.41, 5.74) is 0. The van der Waals surface area contributed by atoms with Gasteiger partial charge in [0, 0.05) is 6.54 Å². The Morgan fingerprint density at radius 1 is 1.82 bits per heavy atom. The monoisotopic (exact) mass is 151 g/mol. The lowest BCUT2D eigenvalue weighted by Crippen LogP contribution is -2.27. The van der Waals surface area contributed by atoms with Crippen LogP contribution in [0.4, 0.5) is 0 Å². The number of rotatable bonds is 3. The SMILES string of the molecule is C#CC(=O)NCC(C)C1CC1. The topological polar surface area (TPSA) is 29.1 Å². The molecule has 1 aliphatic carbocycles. The maximum atomic E-state index is 10.6. The fourth-order valence-electron chi connectivity index (χ4n) is 1.14. The number of hydrogen-bond donors (Lipinski definition) is 1. The third-order valence-electron chi connectivity index (χ3n) is 2.14. The van der Waals surface area contributed by atoms with Crippen LogP contribution in [-0.4, -0.2) is 12.5 Å². The molecule has 0 spiro atoms. The third-order valence-corrected chi connectivity index (χ3v) is 2.14. The van der Waals surface area contributed by atoms with E-state index >= 15 is 0 Å². The zero-order chi connectivity index (χ0) is 8.27. The Hall–Kier alpha value is -0.970. The van der Waals surface area contributed by atoms with E-state index in [0.717, 1.165) is 12.5 Å². The molecule has 1 N–H and O–H groups in total. The smallest absolute Gasteiger partial charge is 0.295 e. The van der Waals surface area contributed by atoms with Crippen LogP contribution in [0.5, 0.6) is 0 Å². The molecule has 0 radical (unpaired) electrons. The fourth-order valence-corrected chi connectivity index (χ4v) is 1.14. The van der Waals surface area contributed by atoms with Crippen molar-refractivity contribution >= 4 is 5.91 Å². The lowest BCUT2D eigenvalue weighted by Gasteiger charge is -2.08. The van der Waals surface area contributed by atoms with Crippen LogP contribution < -0.4 is 5.32 Å². The molecule has 1 saturated carbocycles. The maximum Gasteiger partial charge on any atom is 0.295 e. The van der Waals surface area contributed by atoms with Crippen molar-refractivity contribution in [1.29, 1.82) is 0 Å². The Balaban J connectivity index is 2.11. The van der Waals surface area contributed by atoms with Crippen LogP contribution in [0.2, 0.25) is 0 Å². The molecule has 1 aliphatic rings. The zero-order valence-electron chi connectivity index (χ0n) is 6.76. The Labute approximate surface area is 67.4 Å². The van der Waals surface area contributed by atoms with E-state index in [2.05, 4.69) is 12.2 Å². The first kappa shape index (κ1) is 8.13. The largest absolute Gasteiger partial charge is 0.345 e. The van der Waals surface area contributed by atoms with Gasteiger partial charge in [0.2, 0.25) is 0 Å². The molecule has 1 atom stereocenters. The van der Waals surface area contributed by atoms with Gasteiger partial charge in [0.25, 0.3) is 5.91 Å². The molecular weight excluding hydrogens is 138 g/mol. The quantitative estimate of drug-likeness (QED) is 0.593. The maximum absolute atomic E-state index is 10.6. The first-order valence-corrected chi connectivity index (χ1v) is 3.98. The molecule has 0 aromatic carbocycles. The number of amides is 1. The van der Waals surface area contributed by atoms with E-state index in [1.54, 1.807) is 0 Å². The summed E-state index contributed by atoms with van der Waals surface area (Å²) in [6, 6.07) is 0. The molecule has 2 heteroatoms. The first-order chi connectivity index (χ1) is 5.24. The highest BCUT2D eigenvalue weighted by Gasteiger charge is 2.27. The van der Waals surface area contributed by atoms with E-state index < -0.39 is 0 Å². The van der Waals surface area contributed by atoms with Gasteiger partial charge in [-0.05, 0) is 30.6 Å². The van der Waals surface area contributed by atoms with Crippen molar-refractivity contribution in [1.82, 2.24) is 5.32 Å². The molecule has 0 heterocycles. The fraction of sp³-hybridized carbons (Fsp3) is 0.667. The van der Waals surface area contributed by atoms with Crippen molar-refractivity contribution < 1.29 is 4.79 Å². The second-order valence-electron chi connectivity index (χ2n) is 3.17. The van der Waals surface area contributed by atoms with Crippen molar-refractivity contribution in [3.63, 3.8) is 0 Å². The van der Waals surface area contributed by atoms with Gasteiger partial charge < -0.3 is 5.32 Å². The highest BCUT2D eigenvalue weighted by Crippen LogP contribution is 2.35. The summed E-state index contributed by atoms with van der Waals surface area (Å²) in [7, 11) is 0. The van der Waals surface area contributed by atoms with Gasteiger partial charge in [0.1, 0.15) is 0 Å². The molecule has 1 unspecified atom stereocenters. The van der Waals surface area contributed by atoms with Crippen LogP contribution >= 0.6 is 0 Å². The second-order valence-corrected chi connectivity index (χ2v) is 3.17. The van der Waals surface area contributed by atoms with Crippen LogP contribution in [0, 0.1) is 24.2 Å².